The molecule has 0 saturated carbocycles. The van der Waals surface area contributed by atoms with Gasteiger partial charge in [-0.3, -0.25) is 33.8 Å². The first-order valence-electron chi connectivity index (χ1n) is 30.5. The second kappa shape index (κ2) is 30.4. The van der Waals surface area contributed by atoms with Gasteiger partial charge in [0, 0.05) is 68.8 Å². The van der Waals surface area contributed by atoms with Gasteiger partial charge >= 0.3 is 23.9 Å². The van der Waals surface area contributed by atoms with E-state index in [2.05, 4.69) is 14.7 Å². The van der Waals surface area contributed by atoms with Crippen molar-refractivity contribution in [2.75, 3.05) is 6.61 Å². The van der Waals surface area contributed by atoms with E-state index in [1.54, 1.807) is 72.9 Å². The van der Waals surface area contributed by atoms with Gasteiger partial charge in [-0.15, -0.1) is 0 Å². The summed E-state index contributed by atoms with van der Waals surface area (Å²) in [6, 6.07) is 54.5. The van der Waals surface area contributed by atoms with Gasteiger partial charge in [0.2, 0.25) is 17.7 Å². The number of carboxylic acids is 4. The molecular formula is C75H70N8O13. The molecule has 0 spiro atoms. The van der Waals surface area contributed by atoms with Gasteiger partial charge < -0.3 is 60.6 Å². The van der Waals surface area contributed by atoms with Crippen molar-refractivity contribution in [2.24, 2.45) is 17.2 Å². The first-order chi connectivity index (χ1) is 45.9. The summed E-state index contributed by atoms with van der Waals surface area (Å²) < 4.78 is 16.5. The molecule has 21 heteroatoms. The van der Waals surface area contributed by atoms with Gasteiger partial charge in [0.15, 0.2) is 6.61 Å². The number of hydrogen-bond acceptors (Lipinski definition) is 11. The van der Waals surface area contributed by atoms with E-state index < -0.39 is 48.2 Å². The lowest BCUT2D eigenvalue weighted by molar-refractivity contribution is -0.139. The third-order valence-electron chi connectivity index (χ3n) is 16.0. The van der Waals surface area contributed by atoms with E-state index >= 15 is 0 Å². The van der Waals surface area contributed by atoms with E-state index in [-0.39, 0.29) is 19.3 Å². The SMILES string of the molecule is Cc1cc(C(N)=O)ccc1-n1c(CCC(=O)O)ccc1-c1ccc(-c2c(C)noc2C)cc1.Cc1cc(C(N)=O)ccc1-n1c(CCC(=O)O)ccc1-c1ccc(-c2cccnc2)cc1.Cc1cc(C(N)=O)ccc1-n1c(CCC(=O)O)ccc1-c1ccc(OCC(=O)O)cc1. The van der Waals surface area contributed by atoms with E-state index in [1.165, 1.54) is 0 Å². The van der Waals surface area contributed by atoms with Crippen LogP contribution in [0.1, 0.15) is 95.6 Å². The van der Waals surface area contributed by atoms with Crippen molar-refractivity contribution in [3.8, 4) is 78.8 Å². The number of carbonyl (C=O) groups is 7. The number of nitrogens with zero attached hydrogens (tertiary/aromatic N) is 5. The van der Waals surface area contributed by atoms with Gasteiger partial charge in [-0.2, -0.15) is 0 Å². The van der Waals surface area contributed by atoms with Crippen molar-refractivity contribution < 1.29 is 63.2 Å². The Balaban J connectivity index is 0.000000169. The maximum atomic E-state index is 11.6. The fraction of sp³-hybridized carbons (Fsp3) is 0.160. The van der Waals surface area contributed by atoms with Gasteiger partial charge in [0.05, 0.1) is 42.0 Å². The molecule has 488 valence electrons. The molecule has 5 heterocycles. The number of rotatable bonds is 23. The largest absolute Gasteiger partial charge is 0.482 e. The highest BCUT2D eigenvalue weighted by molar-refractivity contribution is 5.94. The first-order valence-corrected chi connectivity index (χ1v) is 30.5. The first kappa shape index (κ1) is 68.0. The van der Waals surface area contributed by atoms with Crippen LogP contribution >= 0.6 is 0 Å². The summed E-state index contributed by atoms with van der Waals surface area (Å²) in [5.74, 6) is -3.95. The Bertz CT molecular complexity index is 4670. The van der Waals surface area contributed by atoms with Gasteiger partial charge in [0.25, 0.3) is 0 Å². The number of pyridine rings is 1. The Morgan fingerprint density at radius 3 is 1.10 bits per heavy atom. The minimum absolute atomic E-state index is 0.0207. The minimum atomic E-state index is -1.06. The average molecular weight is 1290 g/mol. The third kappa shape index (κ3) is 16.3. The smallest absolute Gasteiger partial charge is 0.341 e. The number of aliphatic carboxylic acids is 4. The molecule has 3 amide bonds. The van der Waals surface area contributed by atoms with Crippen LogP contribution in [0.5, 0.6) is 5.75 Å². The predicted octanol–water partition coefficient (Wildman–Crippen LogP) is 12.5. The predicted molar refractivity (Wildman–Crippen MR) is 363 cm³/mol. The summed E-state index contributed by atoms with van der Waals surface area (Å²) in [5, 5.41) is 40.3. The highest BCUT2D eigenvalue weighted by Crippen LogP contribution is 2.36. The van der Waals surface area contributed by atoms with Crippen LogP contribution in [0.4, 0.5) is 0 Å². The zero-order valence-corrected chi connectivity index (χ0v) is 53.3. The molecule has 0 unspecified atom stereocenters. The van der Waals surface area contributed by atoms with Crippen molar-refractivity contribution in [3.63, 3.8) is 0 Å². The lowest BCUT2D eigenvalue weighted by atomic mass is 10.0. The minimum Gasteiger partial charge on any atom is -0.482 e. The quantitative estimate of drug-likeness (QED) is 0.0313. The molecular weight excluding hydrogens is 1220 g/mol. The molecule has 0 aliphatic carbocycles. The number of amides is 3. The van der Waals surface area contributed by atoms with Gasteiger partial charge in [-0.05, 0) is 225 Å². The van der Waals surface area contributed by atoms with E-state index in [9.17, 15) is 43.8 Å². The monoisotopic (exact) mass is 1290 g/mol. The standard InChI is InChI=1S/C26H25N3O4.C26H23N3O3.C23H22N2O6/c1-15-14-20(26(27)32)8-11-22(15)29-21(10-13-24(30)31)9-12-23(29)18-4-6-19(7-5-18)25-16(2)28-33-17(25)3;1-17-15-20(26(27)32)8-11-23(17)29-22(10-13-25(30)31)9-12-24(29)19-6-4-18(5-7-19)21-3-2-14-28-16-21;1-14-12-16(23(24)30)4-9-19(14)25-17(6-11-21(26)27)5-10-20(25)15-2-7-18(8-3-15)31-13-22(28)29/h4-9,11-12,14H,10,13H2,1-3H3,(H2,27,32)(H,30,31);2-9,11-12,14-16H,10,13H2,1H3,(H2,27,32)(H,30,31);2-5,7-10,12H,6,11,13H2,1H3,(H2,24,30)(H,26,27)(H,28,29). The number of nitrogens with two attached hydrogens (primary N) is 3. The topological polar surface area (TPSA) is 341 Å². The van der Waals surface area contributed by atoms with Crippen LogP contribution < -0.4 is 21.9 Å². The number of carbonyl (C=O) groups excluding carboxylic acids is 3. The van der Waals surface area contributed by atoms with Crippen LogP contribution in [0, 0.1) is 34.6 Å². The van der Waals surface area contributed by atoms with Crippen LogP contribution in [0.25, 0.3) is 73.1 Å². The number of benzene rings is 6. The molecule has 0 bridgehead atoms. The molecule has 21 nitrogen and oxygen atoms in total. The Labute approximate surface area is 552 Å². The number of hydrogen-bond donors (Lipinski definition) is 7. The third-order valence-corrected chi connectivity index (χ3v) is 16.0. The summed E-state index contributed by atoms with van der Waals surface area (Å²) >= 11 is 0. The fourth-order valence-electron chi connectivity index (χ4n) is 11.4. The highest BCUT2D eigenvalue weighted by atomic mass is 16.5. The van der Waals surface area contributed by atoms with E-state index in [0.717, 1.165) is 118 Å². The van der Waals surface area contributed by atoms with Crippen LogP contribution in [-0.2, 0) is 38.4 Å². The molecule has 0 saturated heterocycles. The number of aryl methyl sites for hydroxylation is 8. The summed E-state index contributed by atoms with van der Waals surface area (Å²) in [6.45, 7) is 9.06. The van der Waals surface area contributed by atoms with Crippen molar-refractivity contribution in [2.45, 2.75) is 73.1 Å². The Morgan fingerprint density at radius 1 is 0.427 bits per heavy atom. The molecule has 11 rings (SSSR count). The molecule has 96 heavy (non-hydrogen) atoms. The number of carboxylic acid groups (broad SMARTS) is 4. The second-order valence-corrected chi connectivity index (χ2v) is 22.7. The summed E-state index contributed by atoms with van der Waals surface area (Å²) in [6.07, 6.45) is 4.69. The molecule has 0 radical (unpaired) electrons. The number of primary amides is 3. The maximum Gasteiger partial charge on any atom is 0.341 e. The van der Waals surface area contributed by atoms with E-state index in [1.807, 2.05) is 159 Å². The van der Waals surface area contributed by atoms with Gasteiger partial charge in [-0.1, -0.05) is 59.8 Å². The number of aromatic nitrogens is 5. The summed E-state index contributed by atoms with van der Waals surface area (Å²) in [4.78, 5) is 83.1. The Hall–Kier alpha value is -12.4. The molecule has 0 fully saturated rings. The van der Waals surface area contributed by atoms with E-state index in [0.29, 0.717) is 41.7 Å². The van der Waals surface area contributed by atoms with Crippen LogP contribution in [0.2, 0.25) is 0 Å². The lowest BCUT2D eigenvalue weighted by Gasteiger charge is -2.17. The van der Waals surface area contributed by atoms with Crippen molar-refractivity contribution in [3.05, 3.63) is 250 Å². The molecule has 6 aromatic carbocycles. The van der Waals surface area contributed by atoms with Crippen LogP contribution in [0.15, 0.2) is 193 Å². The Kier molecular flexibility index (Phi) is 21.5. The van der Waals surface area contributed by atoms with Gasteiger partial charge in [0.1, 0.15) is 11.5 Å². The molecule has 0 aliphatic rings. The highest BCUT2D eigenvalue weighted by Gasteiger charge is 2.21. The van der Waals surface area contributed by atoms with Crippen LogP contribution in [-0.4, -0.2) is 92.5 Å². The maximum absolute atomic E-state index is 11.6. The van der Waals surface area contributed by atoms with E-state index in [4.69, 9.17) is 36.7 Å². The molecule has 10 N–H and O–H groups in total. The molecule has 0 aliphatic heterocycles. The molecule has 5 aromatic heterocycles. The number of ether oxygens (including phenoxy) is 1. The molecule has 0 atom stereocenters. The normalized spacial score (nSPS) is 10.8. The Morgan fingerprint density at radius 2 is 0.792 bits per heavy atom. The zero-order chi connectivity index (χ0) is 68.9. The van der Waals surface area contributed by atoms with Crippen LogP contribution in [0.3, 0.4) is 0 Å². The van der Waals surface area contributed by atoms with Crippen molar-refractivity contribution >= 4 is 41.6 Å². The summed E-state index contributed by atoms with van der Waals surface area (Å²) in [7, 11) is 0. The second-order valence-electron chi connectivity index (χ2n) is 22.7. The lowest BCUT2D eigenvalue weighted by Crippen LogP contribution is -2.12. The summed E-state index contributed by atoms with van der Waals surface area (Å²) in [5.41, 5.74) is 35.6. The average Bonchev–Trinajstić information content (AvgIpc) is 0.935. The fourth-order valence-corrected chi connectivity index (χ4v) is 11.4. The van der Waals surface area contributed by atoms with Crippen molar-refractivity contribution in [1.29, 1.82) is 0 Å². The van der Waals surface area contributed by atoms with Gasteiger partial charge in [-0.25, -0.2) is 4.79 Å². The zero-order valence-electron chi connectivity index (χ0n) is 53.3. The van der Waals surface area contributed by atoms with Crippen molar-refractivity contribution in [1.82, 2.24) is 23.8 Å². The molecule has 11 aromatic rings.